The minimum absolute atomic E-state index is 0.0388. The summed E-state index contributed by atoms with van der Waals surface area (Å²) in [4.78, 5) is 12.1. The molecule has 0 spiro atoms. The summed E-state index contributed by atoms with van der Waals surface area (Å²) >= 11 is 0. The number of aromatic nitrogens is 2. The van der Waals surface area contributed by atoms with E-state index in [2.05, 4.69) is 5.10 Å². The number of ketones is 1. The number of hydrogen-bond acceptors (Lipinski definition) is 2. The van der Waals surface area contributed by atoms with Gasteiger partial charge in [-0.25, -0.2) is 4.39 Å². The van der Waals surface area contributed by atoms with E-state index in [0.29, 0.717) is 17.8 Å². The number of nitrogens with zero attached hydrogens (tertiary/aromatic N) is 2. The Morgan fingerprint density at radius 1 is 1.39 bits per heavy atom. The van der Waals surface area contributed by atoms with E-state index < -0.39 is 0 Å². The van der Waals surface area contributed by atoms with Gasteiger partial charge in [0, 0.05) is 13.0 Å². The Morgan fingerprint density at radius 3 is 2.83 bits per heavy atom. The van der Waals surface area contributed by atoms with Crippen molar-refractivity contribution in [2.75, 3.05) is 0 Å². The highest BCUT2D eigenvalue weighted by Gasteiger charge is 2.13. The number of halogens is 1. The van der Waals surface area contributed by atoms with E-state index >= 15 is 0 Å². The van der Waals surface area contributed by atoms with Crippen LogP contribution in [0.1, 0.15) is 28.7 Å². The highest BCUT2D eigenvalue weighted by molar-refractivity contribution is 5.96. The maximum atomic E-state index is 13.0. The minimum atomic E-state index is -0.319. The second-order valence-electron chi connectivity index (χ2n) is 4.22. The molecule has 2 rings (SSSR count). The lowest BCUT2D eigenvalue weighted by atomic mass is 10.1. The van der Waals surface area contributed by atoms with Crippen LogP contribution in [0.3, 0.4) is 0 Å². The molecule has 0 saturated carbocycles. The molecule has 0 aliphatic heterocycles. The summed E-state index contributed by atoms with van der Waals surface area (Å²) in [6.07, 6.45) is 0.197. The maximum Gasteiger partial charge on any atom is 0.185 e. The quantitative estimate of drug-likeness (QED) is 0.777. The summed E-state index contributed by atoms with van der Waals surface area (Å²) < 4.78 is 14.7. The molecule has 0 saturated heterocycles. The smallest absolute Gasteiger partial charge is 0.185 e. The van der Waals surface area contributed by atoms with Crippen LogP contribution in [0.5, 0.6) is 0 Å². The molecule has 18 heavy (non-hydrogen) atoms. The third-order valence-corrected chi connectivity index (χ3v) is 2.74. The van der Waals surface area contributed by atoms with Crippen molar-refractivity contribution in [3.05, 3.63) is 53.1 Å². The van der Waals surface area contributed by atoms with E-state index in [1.54, 1.807) is 22.9 Å². The Labute approximate surface area is 105 Å². The summed E-state index contributed by atoms with van der Waals surface area (Å²) in [6.45, 7) is 4.44. The average Bonchev–Trinajstić information content (AvgIpc) is 2.70. The van der Waals surface area contributed by atoms with Gasteiger partial charge in [0.15, 0.2) is 5.78 Å². The lowest BCUT2D eigenvalue weighted by Gasteiger charge is -2.04. The summed E-state index contributed by atoms with van der Waals surface area (Å²) in [5.74, 6) is -0.358. The predicted octanol–water partition coefficient (Wildman–Crippen LogP) is 2.78. The van der Waals surface area contributed by atoms with Crippen molar-refractivity contribution in [1.29, 1.82) is 0 Å². The Hall–Kier alpha value is -1.97. The molecular formula is C14H15FN2O. The van der Waals surface area contributed by atoms with Crippen molar-refractivity contribution in [2.24, 2.45) is 0 Å². The topological polar surface area (TPSA) is 34.9 Å². The molecule has 0 aliphatic rings. The van der Waals surface area contributed by atoms with Crippen LogP contribution in [0.25, 0.3) is 0 Å². The van der Waals surface area contributed by atoms with Crippen molar-refractivity contribution >= 4 is 5.78 Å². The Balaban J connectivity index is 2.21. The van der Waals surface area contributed by atoms with Crippen LogP contribution < -0.4 is 0 Å². The number of carbonyl (C=O) groups is 1. The van der Waals surface area contributed by atoms with Crippen LogP contribution in [0.4, 0.5) is 4.39 Å². The molecule has 0 aliphatic carbocycles. The largest absolute Gasteiger partial charge is 0.292 e. The molecule has 1 aromatic heterocycles. The summed E-state index contributed by atoms with van der Waals surface area (Å²) in [7, 11) is 0. The normalized spacial score (nSPS) is 10.6. The van der Waals surface area contributed by atoms with Crippen molar-refractivity contribution in [1.82, 2.24) is 9.78 Å². The van der Waals surface area contributed by atoms with Gasteiger partial charge in [-0.1, -0.05) is 12.1 Å². The molecule has 1 heterocycles. The van der Waals surface area contributed by atoms with Gasteiger partial charge in [0.25, 0.3) is 0 Å². The molecule has 3 nitrogen and oxygen atoms in total. The van der Waals surface area contributed by atoms with Crippen LogP contribution in [0, 0.1) is 12.7 Å². The van der Waals surface area contributed by atoms with Gasteiger partial charge in [-0.15, -0.1) is 0 Å². The zero-order valence-corrected chi connectivity index (χ0v) is 10.5. The molecular weight excluding hydrogens is 231 g/mol. The van der Waals surface area contributed by atoms with Gasteiger partial charge in [-0.2, -0.15) is 5.10 Å². The van der Waals surface area contributed by atoms with Gasteiger partial charge >= 0.3 is 0 Å². The van der Waals surface area contributed by atoms with Crippen LogP contribution in [0.2, 0.25) is 0 Å². The molecule has 0 fully saturated rings. The van der Waals surface area contributed by atoms with Crippen molar-refractivity contribution in [2.45, 2.75) is 26.8 Å². The van der Waals surface area contributed by atoms with Gasteiger partial charge in [-0.05, 0) is 37.6 Å². The third-order valence-electron chi connectivity index (χ3n) is 2.74. The highest BCUT2D eigenvalue weighted by atomic mass is 19.1. The van der Waals surface area contributed by atoms with Gasteiger partial charge in [0.1, 0.15) is 11.5 Å². The van der Waals surface area contributed by atoms with Gasteiger partial charge in [0.05, 0.1) is 5.69 Å². The molecule has 0 amide bonds. The molecule has 0 N–H and O–H groups in total. The second-order valence-corrected chi connectivity index (χ2v) is 4.22. The molecule has 94 valence electrons. The number of carbonyl (C=O) groups excluding carboxylic acids is 1. The summed E-state index contributed by atoms with van der Waals surface area (Å²) in [5.41, 5.74) is 2.08. The Morgan fingerprint density at radius 2 is 2.17 bits per heavy atom. The number of aryl methyl sites for hydroxylation is 2. The van der Waals surface area contributed by atoms with E-state index in [1.807, 2.05) is 13.8 Å². The van der Waals surface area contributed by atoms with Gasteiger partial charge < -0.3 is 0 Å². The van der Waals surface area contributed by atoms with E-state index in [9.17, 15) is 9.18 Å². The first-order valence-electron chi connectivity index (χ1n) is 5.92. The minimum Gasteiger partial charge on any atom is -0.292 e. The zero-order valence-electron chi connectivity index (χ0n) is 10.5. The predicted molar refractivity (Wildman–Crippen MR) is 67.1 cm³/mol. The van der Waals surface area contributed by atoms with Gasteiger partial charge in [-0.3, -0.25) is 9.48 Å². The van der Waals surface area contributed by atoms with Crippen LogP contribution in [-0.2, 0) is 13.0 Å². The number of Topliss-reactive ketones (excluding diaryl/α,β-unsaturated/α-hetero) is 1. The van der Waals surface area contributed by atoms with Crippen molar-refractivity contribution in [3.8, 4) is 0 Å². The maximum absolute atomic E-state index is 13.0. The first-order chi connectivity index (χ1) is 8.60. The van der Waals surface area contributed by atoms with Crippen LogP contribution in [-0.4, -0.2) is 15.6 Å². The first-order valence-corrected chi connectivity index (χ1v) is 5.92. The van der Waals surface area contributed by atoms with Crippen LogP contribution >= 0.6 is 0 Å². The SMILES string of the molecule is CCn1nc(C)cc1C(=O)Cc1cccc(F)c1. The van der Waals surface area contributed by atoms with Crippen molar-refractivity contribution in [3.63, 3.8) is 0 Å². The van der Waals surface area contributed by atoms with Crippen molar-refractivity contribution < 1.29 is 9.18 Å². The molecule has 2 aromatic rings. The van der Waals surface area contributed by atoms with E-state index in [0.717, 1.165) is 5.69 Å². The number of hydrogen-bond donors (Lipinski definition) is 0. The lowest BCUT2D eigenvalue weighted by Crippen LogP contribution is -2.11. The fourth-order valence-electron chi connectivity index (χ4n) is 1.93. The van der Waals surface area contributed by atoms with E-state index in [4.69, 9.17) is 0 Å². The molecule has 0 bridgehead atoms. The first kappa shape index (κ1) is 12.5. The third kappa shape index (κ3) is 2.64. The number of benzene rings is 1. The molecule has 0 unspecified atom stereocenters. The summed E-state index contributed by atoms with van der Waals surface area (Å²) in [5, 5.41) is 4.23. The highest BCUT2D eigenvalue weighted by Crippen LogP contribution is 2.11. The monoisotopic (exact) mass is 246 g/mol. The fourth-order valence-corrected chi connectivity index (χ4v) is 1.93. The standard InChI is InChI=1S/C14H15FN2O/c1-3-17-13(7-10(2)16-17)14(18)9-11-5-4-6-12(15)8-11/h4-8H,3,9H2,1-2H3. The lowest BCUT2D eigenvalue weighted by molar-refractivity contribution is 0.0982. The second kappa shape index (κ2) is 5.12. The Kier molecular flexibility index (Phi) is 3.55. The van der Waals surface area contributed by atoms with E-state index in [-0.39, 0.29) is 18.0 Å². The molecule has 0 atom stereocenters. The molecule has 1 aromatic carbocycles. The Bertz CT molecular complexity index is 575. The average molecular weight is 246 g/mol. The zero-order chi connectivity index (χ0) is 13.1. The number of rotatable bonds is 4. The van der Waals surface area contributed by atoms with Crippen LogP contribution in [0.15, 0.2) is 30.3 Å². The summed E-state index contributed by atoms with van der Waals surface area (Å²) in [6, 6.07) is 7.89. The fraction of sp³-hybridized carbons (Fsp3) is 0.286. The molecule has 0 radical (unpaired) electrons. The molecule has 4 heteroatoms. The van der Waals surface area contributed by atoms with Gasteiger partial charge in [0.2, 0.25) is 0 Å². The van der Waals surface area contributed by atoms with E-state index in [1.165, 1.54) is 12.1 Å².